The summed E-state index contributed by atoms with van der Waals surface area (Å²) in [5.74, 6) is -0.368. The van der Waals surface area contributed by atoms with Gasteiger partial charge in [0.15, 0.2) is 0 Å². The van der Waals surface area contributed by atoms with Gasteiger partial charge in [-0.25, -0.2) is 4.67 Å². The predicted molar refractivity (Wildman–Crippen MR) is 107 cm³/mol. The molecule has 150 valence electrons. The molecule has 26 heavy (non-hydrogen) atoms. The number of rotatable bonds is 15. The molecule has 0 heterocycles. The summed E-state index contributed by atoms with van der Waals surface area (Å²) >= 11 is 0. The SMILES string of the molecule is C=CC(=O)NCCCOP(OCCCNC(=O)C=C)N(C(C)C)C(C)C. The summed E-state index contributed by atoms with van der Waals surface area (Å²) in [6, 6.07) is 0.559. The van der Waals surface area contributed by atoms with E-state index in [0.29, 0.717) is 39.1 Å². The minimum Gasteiger partial charge on any atom is -0.352 e. The molecule has 0 aromatic heterocycles. The summed E-state index contributed by atoms with van der Waals surface area (Å²) in [4.78, 5) is 22.3. The van der Waals surface area contributed by atoms with Crippen molar-refractivity contribution in [3.63, 3.8) is 0 Å². The van der Waals surface area contributed by atoms with E-state index in [-0.39, 0.29) is 23.9 Å². The van der Waals surface area contributed by atoms with E-state index < -0.39 is 8.53 Å². The second kappa shape index (κ2) is 14.9. The lowest BCUT2D eigenvalue weighted by Crippen LogP contribution is -2.34. The zero-order valence-electron chi connectivity index (χ0n) is 16.5. The standard InChI is InChI=1S/C18H34N3O4P/c1-7-17(22)19-11-9-13-24-26(21(15(3)4)16(5)6)25-14-10-12-20-18(23)8-2/h7-8,15-16H,1-2,9-14H2,3-6H3,(H,19,22)(H,20,23). The van der Waals surface area contributed by atoms with Crippen LogP contribution in [0.25, 0.3) is 0 Å². The summed E-state index contributed by atoms with van der Waals surface area (Å²) in [5.41, 5.74) is 0. The average molecular weight is 387 g/mol. The Hall–Kier alpha value is -1.27. The molecular weight excluding hydrogens is 353 g/mol. The van der Waals surface area contributed by atoms with Crippen LogP contribution < -0.4 is 10.6 Å². The normalized spacial score (nSPS) is 11.2. The molecule has 0 unspecified atom stereocenters. The molecule has 7 nitrogen and oxygen atoms in total. The second-order valence-corrected chi connectivity index (χ2v) is 7.62. The van der Waals surface area contributed by atoms with E-state index in [1.165, 1.54) is 12.2 Å². The molecule has 2 N–H and O–H groups in total. The maximum absolute atomic E-state index is 11.1. The summed E-state index contributed by atoms with van der Waals surface area (Å²) < 4.78 is 14.2. The van der Waals surface area contributed by atoms with Gasteiger partial charge in [-0.1, -0.05) is 13.2 Å². The molecule has 0 aromatic rings. The summed E-state index contributed by atoms with van der Waals surface area (Å²) in [7, 11) is -1.21. The van der Waals surface area contributed by atoms with E-state index in [2.05, 4.69) is 56.2 Å². The number of hydrogen-bond donors (Lipinski definition) is 2. The van der Waals surface area contributed by atoms with Crippen LogP contribution in [-0.4, -0.2) is 54.9 Å². The Morgan fingerprint density at radius 1 is 0.923 bits per heavy atom. The molecular formula is C18H34N3O4P. The van der Waals surface area contributed by atoms with E-state index in [4.69, 9.17) is 9.05 Å². The summed E-state index contributed by atoms with van der Waals surface area (Å²) in [6.45, 7) is 17.3. The van der Waals surface area contributed by atoms with Gasteiger partial charge in [0.05, 0.1) is 13.2 Å². The monoisotopic (exact) mass is 387 g/mol. The van der Waals surface area contributed by atoms with E-state index in [1.54, 1.807) is 0 Å². The minimum absolute atomic E-state index is 0.184. The van der Waals surface area contributed by atoms with Gasteiger partial charge in [0.25, 0.3) is 8.53 Å². The Morgan fingerprint density at radius 2 is 1.31 bits per heavy atom. The lowest BCUT2D eigenvalue weighted by atomic mass is 10.3. The highest BCUT2D eigenvalue weighted by molar-refractivity contribution is 7.44. The lowest BCUT2D eigenvalue weighted by molar-refractivity contribution is -0.117. The van der Waals surface area contributed by atoms with Crippen molar-refractivity contribution in [2.75, 3.05) is 26.3 Å². The van der Waals surface area contributed by atoms with Crippen LogP contribution in [-0.2, 0) is 18.6 Å². The Balaban J connectivity index is 4.41. The zero-order valence-corrected chi connectivity index (χ0v) is 17.4. The Bertz CT molecular complexity index is 406. The van der Waals surface area contributed by atoms with E-state index in [0.717, 1.165) is 0 Å². The highest BCUT2D eigenvalue weighted by atomic mass is 31.2. The molecule has 0 atom stereocenters. The van der Waals surface area contributed by atoms with Crippen LogP contribution in [0.2, 0.25) is 0 Å². The fraction of sp³-hybridized carbons (Fsp3) is 0.667. The van der Waals surface area contributed by atoms with Gasteiger partial charge in [0.2, 0.25) is 11.8 Å². The van der Waals surface area contributed by atoms with Gasteiger partial charge in [-0.05, 0) is 52.7 Å². The highest BCUT2D eigenvalue weighted by Crippen LogP contribution is 2.45. The molecule has 0 fully saturated rings. The van der Waals surface area contributed by atoms with Crippen molar-refractivity contribution in [3.8, 4) is 0 Å². The number of hydrogen-bond acceptors (Lipinski definition) is 5. The molecule has 0 rings (SSSR count). The molecule has 0 aliphatic heterocycles. The van der Waals surface area contributed by atoms with Crippen LogP contribution in [0.4, 0.5) is 0 Å². The molecule has 8 heteroatoms. The minimum atomic E-state index is -1.21. The summed E-state index contributed by atoms with van der Waals surface area (Å²) in [6.07, 6.45) is 3.89. The average Bonchev–Trinajstić information content (AvgIpc) is 2.59. The first-order valence-corrected chi connectivity index (χ1v) is 10.1. The summed E-state index contributed by atoms with van der Waals surface area (Å²) in [5, 5.41) is 5.45. The molecule has 2 amide bonds. The third-order valence-corrected chi connectivity index (χ3v) is 5.37. The van der Waals surface area contributed by atoms with Gasteiger partial charge in [-0.15, -0.1) is 0 Å². The molecule has 0 saturated heterocycles. The molecule has 0 spiro atoms. The number of carbonyl (C=O) groups is 2. The van der Waals surface area contributed by atoms with Gasteiger partial charge in [0.1, 0.15) is 0 Å². The number of nitrogens with zero attached hydrogens (tertiary/aromatic N) is 1. The third-order valence-electron chi connectivity index (χ3n) is 3.26. The molecule has 0 radical (unpaired) electrons. The van der Waals surface area contributed by atoms with Gasteiger partial charge in [-0.3, -0.25) is 9.59 Å². The van der Waals surface area contributed by atoms with Crippen LogP contribution in [0.3, 0.4) is 0 Å². The lowest BCUT2D eigenvalue weighted by Gasteiger charge is -2.35. The van der Waals surface area contributed by atoms with Crippen molar-refractivity contribution in [1.29, 1.82) is 0 Å². The van der Waals surface area contributed by atoms with E-state index in [1.807, 2.05) is 0 Å². The Kier molecular flexibility index (Phi) is 14.1. The predicted octanol–water partition coefficient (Wildman–Crippen LogP) is 2.75. The highest BCUT2D eigenvalue weighted by Gasteiger charge is 2.26. The quantitative estimate of drug-likeness (QED) is 0.257. The van der Waals surface area contributed by atoms with Crippen LogP contribution in [0.1, 0.15) is 40.5 Å². The Morgan fingerprint density at radius 3 is 1.62 bits per heavy atom. The smallest absolute Gasteiger partial charge is 0.259 e. The first-order valence-electron chi connectivity index (χ1n) is 8.98. The first-order chi connectivity index (χ1) is 12.3. The number of carbonyl (C=O) groups excluding carboxylic acids is 2. The van der Waals surface area contributed by atoms with Gasteiger partial charge in [0, 0.05) is 25.2 Å². The number of nitrogens with one attached hydrogen (secondary N) is 2. The molecule has 0 aliphatic rings. The topological polar surface area (TPSA) is 79.9 Å². The van der Waals surface area contributed by atoms with Crippen LogP contribution >= 0.6 is 8.53 Å². The first kappa shape index (κ1) is 24.7. The largest absolute Gasteiger partial charge is 0.352 e. The molecule has 0 aromatic carbocycles. The van der Waals surface area contributed by atoms with Crippen molar-refractivity contribution in [3.05, 3.63) is 25.3 Å². The van der Waals surface area contributed by atoms with Crippen molar-refractivity contribution in [2.45, 2.75) is 52.6 Å². The molecule has 0 bridgehead atoms. The maximum atomic E-state index is 11.1. The van der Waals surface area contributed by atoms with Crippen LogP contribution in [0.5, 0.6) is 0 Å². The fourth-order valence-corrected chi connectivity index (χ4v) is 3.81. The zero-order chi connectivity index (χ0) is 19.9. The molecule has 0 aliphatic carbocycles. The molecule has 0 saturated carbocycles. The van der Waals surface area contributed by atoms with Gasteiger partial charge < -0.3 is 19.7 Å². The maximum Gasteiger partial charge on any atom is 0.259 e. The fourth-order valence-electron chi connectivity index (χ4n) is 2.14. The van der Waals surface area contributed by atoms with Crippen LogP contribution in [0, 0.1) is 0 Å². The second-order valence-electron chi connectivity index (χ2n) is 6.17. The van der Waals surface area contributed by atoms with Crippen molar-refractivity contribution in [1.82, 2.24) is 15.3 Å². The van der Waals surface area contributed by atoms with Crippen molar-refractivity contribution in [2.24, 2.45) is 0 Å². The van der Waals surface area contributed by atoms with Crippen molar-refractivity contribution >= 4 is 20.3 Å². The van der Waals surface area contributed by atoms with E-state index >= 15 is 0 Å². The van der Waals surface area contributed by atoms with Crippen LogP contribution in [0.15, 0.2) is 25.3 Å². The van der Waals surface area contributed by atoms with Gasteiger partial charge in [-0.2, -0.15) is 0 Å². The third kappa shape index (κ3) is 11.4. The van der Waals surface area contributed by atoms with E-state index in [9.17, 15) is 9.59 Å². The number of amides is 2. The van der Waals surface area contributed by atoms with Gasteiger partial charge >= 0.3 is 0 Å². The Labute approximate surface area is 159 Å². The van der Waals surface area contributed by atoms with Crippen molar-refractivity contribution < 1.29 is 18.6 Å².